The van der Waals surface area contributed by atoms with Crippen molar-refractivity contribution in [2.75, 3.05) is 52.9 Å². The quantitative estimate of drug-likeness (QED) is 0.288. The molecule has 0 aliphatic carbocycles. The zero-order valence-electron chi connectivity index (χ0n) is 27.3. The number of rotatable bonds is 10. The lowest BCUT2D eigenvalue weighted by Gasteiger charge is -2.41. The highest BCUT2D eigenvalue weighted by molar-refractivity contribution is 5.74. The molecule has 0 saturated carbocycles. The largest absolute Gasteiger partial charge is 0.460 e. The van der Waals surface area contributed by atoms with Crippen LogP contribution in [-0.2, 0) is 44.7 Å². The molecule has 0 bridgehead atoms. The average Bonchev–Trinajstić information content (AvgIpc) is 2.78. The van der Waals surface area contributed by atoms with Gasteiger partial charge in [-0.25, -0.2) is 0 Å². The molecular formula is C31H50N4O8. The summed E-state index contributed by atoms with van der Waals surface area (Å²) in [5, 5.41) is 0. The van der Waals surface area contributed by atoms with Crippen LogP contribution in [-0.4, -0.2) is 113 Å². The van der Waals surface area contributed by atoms with Gasteiger partial charge in [-0.3, -0.25) is 38.8 Å². The molecule has 1 aromatic rings. The molecule has 0 aromatic heterocycles. The van der Waals surface area contributed by atoms with Crippen molar-refractivity contribution in [2.24, 2.45) is 0 Å². The molecule has 0 spiro atoms. The molecule has 43 heavy (non-hydrogen) atoms. The van der Waals surface area contributed by atoms with E-state index in [0.29, 0.717) is 0 Å². The second-order valence-corrected chi connectivity index (χ2v) is 13.8. The highest BCUT2D eigenvalue weighted by Crippen LogP contribution is 2.14. The van der Waals surface area contributed by atoms with Crippen LogP contribution >= 0.6 is 0 Å². The molecule has 1 heterocycles. The number of benzene rings is 1. The molecule has 1 saturated heterocycles. The molecular weight excluding hydrogens is 556 g/mol. The third-order valence-corrected chi connectivity index (χ3v) is 5.51. The standard InChI is InChI=1S/C31H50N4O8/c1-29(2,3)41-26(37)16-33-20-32(15-25(36)40-19-24-13-11-10-12-14-24)21-34(17-27(38)42-30(4,5)6)23-35(22-33)18-28(39)43-31(7,8)9/h10-14H,15-23H2,1-9H3. The van der Waals surface area contributed by atoms with Crippen molar-refractivity contribution in [3.8, 4) is 0 Å². The number of hydrogen-bond donors (Lipinski definition) is 0. The second-order valence-electron chi connectivity index (χ2n) is 13.8. The van der Waals surface area contributed by atoms with E-state index in [1.165, 1.54) is 0 Å². The molecule has 0 radical (unpaired) electrons. The number of nitrogens with zero attached hydrogens (tertiary/aromatic N) is 4. The van der Waals surface area contributed by atoms with E-state index in [-0.39, 0.29) is 59.5 Å². The van der Waals surface area contributed by atoms with E-state index in [1.54, 1.807) is 81.9 Å². The van der Waals surface area contributed by atoms with E-state index >= 15 is 0 Å². The highest BCUT2D eigenvalue weighted by Gasteiger charge is 2.31. The molecule has 1 aliphatic heterocycles. The fourth-order valence-corrected chi connectivity index (χ4v) is 4.35. The second kappa shape index (κ2) is 15.6. The van der Waals surface area contributed by atoms with Crippen molar-refractivity contribution in [3.63, 3.8) is 0 Å². The van der Waals surface area contributed by atoms with Crippen molar-refractivity contribution in [1.29, 1.82) is 0 Å². The van der Waals surface area contributed by atoms with Crippen LogP contribution in [0.5, 0.6) is 0 Å². The SMILES string of the molecule is CC(C)(C)OC(=O)CN1CN(CC(=O)OCc2ccccc2)CN(CC(=O)OC(C)(C)C)CN(CC(=O)OC(C)(C)C)C1. The number of esters is 4. The molecule has 12 heteroatoms. The number of carbonyl (C=O) groups excluding carboxylic acids is 4. The highest BCUT2D eigenvalue weighted by atomic mass is 16.6. The van der Waals surface area contributed by atoms with E-state index in [4.69, 9.17) is 18.9 Å². The van der Waals surface area contributed by atoms with Crippen molar-refractivity contribution in [3.05, 3.63) is 35.9 Å². The van der Waals surface area contributed by atoms with Crippen molar-refractivity contribution in [1.82, 2.24) is 19.6 Å². The minimum atomic E-state index is -0.679. The van der Waals surface area contributed by atoms with Gasteiger partial charge in [-0.15, -0.1) is 0 Å². The molecule has 12 nitrogen and oxygen atoms in total. The average molecular weight is 607 g/mol. The summed E-state index contributed by atoms with van der Waals surface area (Å²) in [4.78, 5) is 58.5. The van der Waals surface area contributed by atoms with Crippen LogP contribution in [0.15, 0.2) is 30.3 Å². The molecule has 0 unspecified atom stereocenters. The van der Waals surface area contributed by atoms with Crippen LogP contribution in [0.3, 0.4) is 0 Å². The van der Waals surface area contributed by atoms with Gasteiger partial charge in [0.2, 0.25) is 0 Å². The van der Waals surface area contributed by atoms with E-state index < -0.39 is 40.7 Å². The zero-order chi connectivity index (χ0) is 32.4. The first-order valence-electron chi connectivity index (χ1n) is 14.5. The summed E-state index contributed by atoms with van der Waals surface area (Å²) in [5.74, 6) is -1.78. The van der Waals surface area contributed by atoms with Crippen LogP contribution in [0.1, 0.15) is 67.9 Å². The summed E-state index contributed by atoms with van der Waals surface area (Å²) >= 11 is 0. The zero-order valence-corrected chi connectivity index (χ0v) is 27.3. The van der Waals surface area contributed by atoms with Crippen LogP contribution in [0.4, 0.5) is 0 Å². The first-order valence-corrected chi connectivity index (χ1v) is 14.5. The topological polar surface area (TPSA) is 118 Å². The molecule has 0 atom stereocenters. The van der Waals surface area contributed by atoms with Gasteiger partial charge >= 0.3 is 23.9 Å². The Kier molecular flexibility index (Phi) is 13.1. The van der Waals surface area contributed by atoms with Gasteiger partial charge in [0.1, 0.15) is 23.4 Å². The number of ether oxygens (including phenoxy) is 4. The van der Waals surface area contributed by atoms with Gasteiger partial charge in [0, 0.05) is 0 Å². The molecule has 1 fully saturated rings. The van der Waals surface area contributed by atoms with Gasteiger partial charge < -0.3 is 18.9 Å². The third kappa shape index (κ3) is 16.4. The Bertz CT molecular complexity index is 1030. The molecule has 1 aliphatic rings. The minimum absolute atomic E-state index is 0.0774. The van der Waals surface area contributed by atoms with Gasteiger partial charge in [0.15, 0.2) is 0 Å². The fraction of sp³-hybridized carbons (Fsp3) is 0.677. The predicted octanol–water partition coefficient (Wildman–Crippen LogP) is 2.81. The predicted molar refractivity (Wildman–Crippen MR) is 160 cm³/mol. The van der Waals surface area contributed by atoms with Crippen molar-refractivity contribution >= 4 is 23.9 Å². The van der Waals surface area contributed by atoms with Crippen LogP contribution in [0.2, 0.25) is 0 Å². The minimum Gasteiger partial charge on any atom is -0.460 e. The van der Waals surface area contributed by atoms with E-state index in [9.17, 15) is 19.2 Å². The smallest absolute Gasteiger partial charge is 0.320 e. The Morgan fingerprint density at radius 2 is 0.837 bits per heavy atom. The first-order chi connectivity index (χ1) is 19.8. The Hall–Kier alpha value is -3.06. The van der Waals surface area contributed by atoms with Crippen molar-refractivity contribution in [2.45, 2.75) is 85.7 Å². The Balaban J connectivity index is 2.27. The molecule has 2 rings (SSSR count). The monoisotopic (exact) mass is 606 g/mol. The van der Waals surface area contributed by atoms with Gasteiger partial charge in [-0.2, -0.15) is 0 Å². The van der Waals surface area contributed by atoms with E-state index in [1.807, 2.05) is 30.3 Å². The van der Waals surface area contributed by atoms with E-state index in [2.05, 4.69) is 0 Å². The van der Waals surface area contributed by atoms with Crippen LogP contribution in [0.25, 0.3) is 0 Å². The third-order valence-electron chi connectivity index (χ3n) is 5.51. The lowest BCUT2D eigenvalue weighted by molar-refractivity contribution is -0.162. The lowest BCUT2D eigenvalue weighted by atomic mass is 10.2. The molecule has 1 aromatic carbocycles. The summed E-state index contributed by atoms with van der Waals surface area (Å²) in [5.41, 5.74) is -1.18. The summed E-state index contributed by atoms with van der Waals surface area (Å²) in [6, 6.07) is 9.36. The lowest BCUT2D eigenvalue weighted by Crippen LogP contribution is -2.58. The summed E-state index contributed by atoms with van der Waals surface area (Å²) in [6.45, 7) is 16.6. The Morgan fingerprint density at radius 1 is 0.535 bits per heavy atom. The Morgan fingerprint density at radius 3 is 1.14 bits per heavy atom. The number of hydrogen-bond acceptors (Lipinski definition) is 12. The summed E-state index contributed by atoms with van der Waals surface area (Å²) in [6.07, 6.45) is 0. The molecule has 0 N–H and O–H groups in total. The number of carbonyl (C=O) groups is 4. The molecule has 242 valence electrons. The first kappa shape index (κ1) is 36.1. The van der Waals surface area contributed by atoms with Crippen molar-refractivity contribution < 1.29 is 38.1 Å². The van der Waals surface area contributed by atoms with Crippen LogP contribution < -0.4 is 0 Å². The summed E-state index contributed by atoms with van der Waals surface area (Å²) in [7, 11) is 0. The normalized spacial score (nSPS) is 16.6. The maximum atomic E-state index is 12.9. The maximum Gasteiger partial charge on any atom is 0.320 e. The van der Waals surface area contributed by atoms with Crippen LogP contribution in [0, 0.1) is 0 Å². The summed E-state index contributed by atoms with van der Waals surface area (Å²) < 4.78 is 22.1. The van der Waals surface area contributed by atoms with Gasteiger partial charge in [-0.05, 0) is 67.9 Å². The van der Waals surface area contributed by atoms with Gasteiger partial charge in [0.25, 0.3) is 0 Å². The Labute approximate surface area is 256 Å². The fourth-order valence-electron chi connectivity index (χ4n) is 4.35. The van der Waals surface area contributed by atoms with Gasteiger partial charge in [-0.1, -0.05) is 30.3 Å². The maximum absolute atomic E-state index is 12.9. The van der Waals surface area contributed by atoms with Gasteiger partial charge in [0.05, 0.1) is 52.9 Å². The van der Waals surface area contributed by atoms with E-state index in [0.717, 1.165) is 5.56 Å². The molecule has 0 amide bonds.